The van der Waals surface area contributed by atoms with E-state index in [0.717, 1.165) is 5.56 Å². The molecular weight excluding hydrogens is 324 g/mol. The molecule has 124 valence electrons. The number of fused-ring (bicyclic) bond motifs is 1. The molecule has 0 aromatic heterocycles. The highest BCUT2D eigenvalue weighted by Crippen LogP contribution is 2.50. The molecule has 2 atom stereocenters. The Hall–Kier alpha value is -2.43. The molecule has 0 radical (unpaired) electrons. The number of nitriles is 1. The first-order chi connectivity index (χ1) is 11.4. The van der Waals surface area contributed by atoms with Crippen molar-refractivity contribution in [3.63, 3.8) is 0 Å². The molecule has 0 spiro atoms. The van der Waals surface area contributed by atoms with E-state index in [9.17, 15) is 15.2 Å². The van der Waals surface area contributed by atoms with Gasteiger partial charge in [-0.1, -0.05) is 30.3 Å². The first-order valence-electron chi connectivity index (χ1n) is 7.48. The Labute approximate surface area is 144 Å². The van der Waals surface area contributed by atoms with Crippen molar-refractivity contribution >= 4 is 17.7 Å². The predicted octanol–water partition coefficient (Wildman–Crippen LogP) is 1.19. The summed E-state index contributed by atoms with van der Waals surface area (Å²) in [6.45, 7) is 1.62. The van der Waals surface area contributed by atoms with Crippen LogP contribution >= 0.6 is 11.8 Å². The van der Waals surface area contributed by atoms with E-state index in [2.05, 4.69) is 11.4 Å². The highest BCUT2D eigenvalue weighted by atomic mass is 32.2. The molecule has 7 heteroatoms. The van der Waals surface area contributed by atoms with E-state index >= 15 is 0 Å². The summed E-state index contributed by atoms with van der Waals surface area (Å²) in [6, 6.07) is 11.5. The molecule has 24 heavy (non-hydrogen) atoms. The van der Waals surface area contributed by atoms with E-state index < -0.39 is 11.6 Å². The van der Waals surface area contributed by atoms with Crippen LogP contribution in [0.2, 0.25) is 0 Å². The maximum Gasteiger partial charge on any atom is 0.250 e. The zero-order valence-corrected chi connectivity index (χ0v) is 14.2. The minimum atomic E-state index is -1.24. The lowest BCUT2D eigenvalue weighted by Crippen LogP contribution is -2.47. The number of benzene rings is 1. The molecule has 1 aromatic carbocycles. The van der Waals surface area contributed by atoms with Gasteiger partial charge in [-0.2, -0.15) is 5.26 Å². The van der Waals surface area contributed by atoms with Crippen LogP contribution in [0.1, 0.15) is 18.4 Å². The van der Waals surface area contributed by atoms with Crippen LogP contribution < -0.4 is 11.1 Å². The van der Waals surface area contributed by atoms with Gasteiger partial charge in [0.05, 0.1) is 28.2 Å². The topological polar surface area (TPSA) is 102 Å². The fourth-order valence-electron chi connectivity index (χ4n) is 3.12. The average Bonchev–Trinajstić information content (AvgIpc) is 2.90. The number of nitrogens with zero attached hydrogens (tertiary/aromatic N) is 2. The van der Waals surface area contributed by atoms with Gasteiger partial charge < -0.3 is 16.2 Å². The molecule has 1 fully saturated rings. The second-order valence-corrected chi connectivity index (χ2v) is 6.86. The number of hydrogen-bond acceptors (Lipinski definition) is 6. The van der Waals surface area contributed by atoms with Crippen molar-refractivity contribution in [2.75, 3.05) is 12.8 Å². The Morgan fingerprint density at radius 1 is 1.50 bits per heavy atom. The number of allylic oxidation sites excluding steroid dienone is 1. The molecule has 2 aliphatic rings. The fourth-order valence-corrected chi connectivity index (χ4v) is 4.45. The summed E-state index contributed by atoms with van der Waals surface area (Å²) in [5, 5.41) is 23.6. The quantitative estimate of drug-likeness (QED) is 0.746. The standard InChI is InChI=1S/C17H18N4O2S/c1-17(23)9-24-16-13(15(22)20-2)12(10-6-4-3-5-7-10)11(8-18)14(19)21(16)17/h3-7,12,23H,9,19H2,1-2H3,(H,20,22)/t12?,17-/m0/s1. The Morgan fingerprint density at radius 3 is 2.75 bits per heavy atom. The largest absolute Gasteiger partial charge is 0.384 e. The Balaban J connectivity index is 2.29. The smallest absolute Gasteiger partial charge is 0.250 e. The normalized spacial score (nSPS) is 26.2. The van der Waals surface area contributed by atoms with E-state index in [-0.39, 0.29) is 17.3 Å². The lowest BCUT2D eigenvalue weighted by molar-refractivity contribution is -0.117. The summed E-state index contributed by atoms with van der Waals surface area (Å²) in [5.41, 5.74) is 6.51. The molecule has 6 nitrogen and oxygen atoms in total. The summed E-state index contributed by atoms with van der Waals surface area (Å²) < 4.78 is 0. The number of rotatable bonds is 2. The molecule has 0 saturated carbocycles. The molecule has 1 saturated heterocycles. The highest BCUT2D eigenvalue weighted by molar-refractivity contribution is 8.03. The van der Waals surface area contributed by atoms with Gasteiger partial charge in [0, 0.05) is 12.8 Å². The lowest BCUT2D eigenvalue weighted by Gasteiger charge is -2.38. The number of nitrogens with one attached hydrogen (secondary N) is 1. The molecule has 3 rings (SSSR count). The van der Waals surface area contributed by atoms with Crippen LogP contribution in [0.3, 0.4) is 0 Å². The molecule has 0 bridgehead atoms. The van der Waals surface area contributed by atoms with Gasteiger partial charge in [0.1, 0.15) is 5.82 Å². The van der Waals surface area contributed by atoms with E-state index in [1.54, 1.807) is 14.0 Å². The van der Waals surface area contributed by atoms with Crippen LogP contribution in [0.25, 0.3) is 0 Å². The minimum Gasteiger partial charge on any atom is -0.384 e. The summed E-state index contributed by atoms with van der Waals surface area (Å²) in [7, 11) is 1.55. The molecule has 1 amide bonds. The SMILES string of the molecule is CNC(=O)C1=C2SC[C@](C)(O)N2C(N)=C(C#N)C1c1ccccc1. The average molecular weight is 342 g/mol. The fraction of sp³-hybridized carbons (Fsp3) is 0.294. The number of amides is 1. The summed E-state index contributed by atoms with van der Waals surface area (Å²) in [4.78, 5) is 14.1. The maximum absolute atomic E-state index is 12.6. The van der Waals surface area contributed by atoms with Crippen LogP contribution in [0.4, 0.5) is 0 Å². The number of carbonyl (C=O) groups excluding carboxylic acids is 1. The van der Waals surface area contributed by atoms with Crippen LogP contribution in [0, 0.1) is 11.3 Å². The van der Waals surface area contributed by atoms with Crippen LogP contribution in [0.5, 0.6) is 0 Å². The van der Waals surface area contributed by atoms with E-state index in [0.29, 0.717) is 16.4 Å². The van der Waals surface area contributed by atoms with E-state index in [4.69, 9.17) is 5.73 Å². The first-order valence-corrected chi connectivity index (χ1v) is 8.47. The van der Waals surface area contributed by atoms with Gasteiger partial charge in [0.15, 0.2) is 5.72 Å². The van der Waals surface area contributed by atoms with Gasteiger partial charge in [0.2, 0.25) is 0 Å². The summed E-state index contributed by atoms with van der Waals surface area (Å²) in [5.74, 6) is -0.272. The van der Waals surface area contributed by atoms with Crippen molar-refractivity contribution in [3.05, 3.63) is 57.9 Å². The van der Waals surface area contributed by atoms with Crippen molar-refractivity contribution in [2.24, 2.45) is 5.73 Å². The highest BCUT2D eigenvalue weighted by Gasteiger charge is 2.48. The van der Waals surface area contributed by atoms with Gasteiger partial charge in [-0.3, -0.25) is 9.69 Å². The van der Waals surface area contributed by atoms with Gasteiger partial charge in [-0.05, 0) is 12.5 Å². The Morgan fingerprint density at radius 2 is 2.17 bits per heavy atom. The molecule has 0 aliphatic carbocycles. The van der Waals surface area contributed by atoms with Crippen LogP contribution in [-0.4, -0.2) is 34.4 Å². The van der Waals surface area contributed by atoms with Crippen LogP contribution in [0.15, 0.2) is 52.3 Å². The van der Waals surface area contributed by atoms with Gasteiger partial charge >= 0.3 is 0 Å². The zero-order chi connectivity index (χ0) is 17.5. The molecule has 1 aromatic rings. The minimum absolute atomic E-state index is 0.198. The number of nitrogens with two attached hydrogens (primary N) is 1. The molecule has 1 unspecified atom stereocenters. The molecule has 2 heterocycles. The Kier molecular flexibility index (Phi) is 4.03. The van der Waals surface area contributed by atoms with Crippen molar-refractivity contribution in [3.8, 4) is 6.07 Å². The molecular formula is C17H18N4O2S. The third kappa shape index (κ3) is 2.35. The third-order valence-corrected chi connectivity index (χ3v) is 5.58. The van der Waals surface area contributed by atoms with Crippen molar-refractivity contribution in [2.45, 2.75) is 18.6 Å². The predicted molar refractivity (Wildman–Crippen MR) is 92.0 cm³/mol. The second-order valence-electron chi connectivity index (χ2n) is 5.89. The Bertz CT molecular complexity index is 793. The third-order valence-electron chi connectivity index (χ3n) is 4.22. The van der Waals surface area contributed by atoms with Crippen LogP contribution in [-0.2, 0) is 4.79 Å². The number of aliphatic hydroxyl groups is 1. The van der Waals surface area contributed by atoms with Crippen molar-refractivity contribution in [1.29, 1.82) is 5.26 Å². The molecule has 4 N–H and O–H groups in total. The number of carbonyl (C=O) groups is 1. The van der Waals surface area contributed by atoms with Crippen molar-refractivity contribution < 1.29 is 9.90 Å². The van der Waals surface area contributed by atoms with Gasteiger partial charge in [0.25, 0.3) is 5.91 Å². The maximum atomic E-state index is 12.6. The van der Waals surface area contributed by atoms with Gasteiger partial charge in [-0.15, -0.1) is 11.8 Å². The zero-order valence-electron chi connectivity index (χ0n) is 13.4. The molecule has 2 aliphatic heterocycles. The van der Waals surface area contributed by atoms with E-state index in [1.807, 2.05) is 30.3 Å². The summed E-state index contributed by atoms with van der Waals surface area (Å²) in [6.07, 6.45) is 0. The number of hydrogen-bond donors (Lipinski definition) is 3. The lowest BCUT2D eigenvalue weighted by atomic mass is 9.82. The number of likely N-dealkylation sites (N-methyl/N-ethyl adjacent to an activating group) is 1. The summed E-state index contributed by atoms with van der Waals surface area (Å²) >= 11 is 1.37. The second kappa shape index (κ2) is 5.89. The van der Waals surface area contributed by atoms with Gasteiger partial charge in [-0.25, -0.2) is 0 Å². The monoisotopic (exact) mass is 342 g/mol. The number of thioether (sulfide) groups is 1. The first kappa shape index (κ1) is 16.4. The van der Waals surface area contributed by atoms with E-state index in [1.165, 1.54) is 16.7 Å². The van der Waals surface area contributed by atoms with Crippen molar-refractivity contribution in [1.82, 2.24) is 10.2 Å².